The second-order valence-corrected chi connectivity index (χ2v) is 2.42. The van der Waals surface area contributed by atoms with Crippen LogP contribution in [0.2, 0.25) is 0 Å². The summed E-state index contributed by atoms with van der Waals surface area (Å²) in [6.45, 7) is -0.390. The van der Waals surface area contributed by atoms with Crippen molar-refractivity contribution in [3.8, 4) is 0 Å². The molecule has 0 aromatic carbocycles. The summed E-state index contributed by atoms with van der Waals surface area (Å²) < 4.78 is 9.74. The second-order valence-electron chi connectivity index (χ2n) is 1.12. The molecule has 0 rings (SSSR count). The lowest BCUT2D eigenvalue weighted by molar-refractivity contribution is -0.403. The first-order chi connectivity index (χ1) is 3.18. The van der Waals surface area contributed by atoms with Crippen LogP contribution in [0.3, 0.4) is 0 Å². The van der Waals surface area contributed by atoms with Gasteiger partial charge >= 0.3 is 8.03 Å². The molecule has 0 aliphatic rings. The van der Waals surface area contributed by atoms with Gasteiger partial charge in [-0.1, -0.05) is 4.57 Å². The highest BCUT2D eigenvalue weighted by Crippen LogP contribution is 2.07. The smallest absolute Gasteiger partial charge is 0.375 e. The van der Waals surface area contributed by atoms with Gasteiger partial charge in [0.2, 0.25) is 0 Å². The number of aliphatic hydroxyl groups excluding tert-OH is 1. The summed E-state index contributed by atoms with van der Waals surface area (Å²) in [7, 11) is -2.52. The topological polar surface area (TPSA) is 88.0 Å². The molecule has 0 aromatic rings. The Morgan fingerprint density at radius 2 is 2.43 bits per heavy atom. The largest absolute Gasteiger partial charge is 0.591 e. The van der Waals surface area contributed by atoms with E-state index in [0.717, 1.165) is 0 Å². The molecular formula is C2H7NO3P+. The van der Waals surface area contributed by atoms with E-state index in [1.54, 1.807) is 0 Å². The van der Waals surface area contributed by atoms with E-state index in [1.807, 2.05) is 0 Å². The van der Waals surface area contributed by atoms with Crippen LogP contribution in [0, 0.1) is 0 Å². The SMILES string of the molecule is [NH3+]C(CO)[P+](=O)[O-]. The fraction of sp³-hybridized carbons (Fsp3) is 1.00. The third kappa shape index (κ3) is 2.65. The van der Waals surface area contributed by atoms with Crippen LogP contribution in [0.4, 0.5) is 0 Å². The minimum absolute atomic E-state index is 0.390. The lowest BCUT2D eigenvalue weighted by Crippen LogP contribution is -2.61. The molecule has 5 heteroatoms. The van der Waals surface area contributed by atoms with E-state index in [4.69, 9.17) is 5.11 Å². The van der Waals surface area contributed by atoms with Gasteiger partial charge in [0.15, 0.2) is 0 Å². The maximum atomic E-state index is 9.74. The Labute approximate surface area is 41.8 Å². The molecule has 0 aromatic heterocycles. The van der Waals surface area contributed by atoms with E-state index < -0.39 is 20.4 Å². The normalized spacial score (nSPS) is 16.1. The van der Waals surface area contributed by atoms with Crippen LogP contribution in [0.15, 0.2) is 0 Å². The Balaban J connectivity index is 3.34. The van der Waals surface area contributed by atoms with Crippen LogP contribution < -0.4 is 10.6 Å². The number of hydrogen-bond donors (Lipinski definition) is 2. The van der Waals surface area contributed by atoms with Gasteiger partial charge in [0, 0.05) is 0 Å². The van der Waals surface area contributed by atoms with E-state index in [1.165, 1.54) is 0 Å². The predicted octanol–water partition coefficient (Wildman–Crippen LogP) is -2.35. The van der Waals surface area contributed by atoms with E-state index >= 15 is 0 Å². The molecule has 0 aliphatic carbocycles. The highest BCUT2D eigenvalue weighted by molar-refractivity contribution is 7.36. The van der Waals surface area contributed by atoms with Gasteiger partial charge in [-0.3, -0.25) is 0 Å². The molecule has 2 atom stereocenters. The lowest BCUT2D eigenvalue weighted by atomic mass is 10.7. The lowest BCUT2D eigenvalue weighted by Gasteiger charge is -1.89. The average Bonchev–Trinajstić information content (AvgIpc) is 1.65. The molecular weight excluding hydrogens is 117 g/mol. The maximum absolute atomic E-state index is 9.74. The molecule has 4 N–H and O–H groups in total. The van der Waals surface area contributed by atoms with Crippen molar-refractivity contribution in [2.24, 2.45) is 0 Å². The first kappa shape index (κ1) is 6.98. The molecule has 0 spiro atoms. The fourth-order valence-electron chi connectivity index (χ4n) is 0.0667. The summed E-state index contributed by atoms with van der Waals surface area (Å²) >= 11 is 0. The fourth-order valence-corrected chi connectivity index (χ4v) is 0.200. The van der Waals surface area contributed by atoms with E-state index in [0.29, 0.717) is 0 Å². The highest BCUT2D eigenvalue weighted by Gasteiger charge is 2.16. The van der Waals surface area contributed by atoms with Crippen LogP contribution in [0.5, 0.6) is 0 Å². The number of quaternary nitrogens is 1. The van der Waals surface area contributed by atoms with Crippen LogP contribution in [0.1, 0.15) is 0 Å². The van der Waals surface area contributed by atoms with Crippen LogP contribution in [0.25, 0.3) is 0 Å². The zero-order valence-corrected chi connectivity index (χ0v) is 4.60. The zero-order valence-electron chi connectivity index (χ0n) is 3.70. The van der Waals surface area contributed by atoms with Crippen molar-refractivity contribution in [3.05, 3.63) is 0 Å². The molecule has 0 radical (unpaired) electrons. The van der Waals surface area contributed by atoms with Crippen LogP contribution in [-0.2, 0) is 4.57 Å². The number of hydrogen-bond acceptors (Lipinski definition) is 3. The minimum atomic E-state index is -2.52. The maximum Gasteiger partial charge on any atom is 0.375 e. The monoisotopic (exact) mass is 124 g/mol. The van der Waals surface area contributed by atoms with E-state index in [-0.39, 0.29) is 0 Å². The van der Waals surface area contributed by atoms with Gasteiger partial charge in [0.05, 0.1) is 0 Å². The van der Waals surface area contributed by atoms with Gasteiger partial charge in [0.25, 0.3) is 5.78 Å². The highest BCUT2D eigenvalue weighted by atomic mass is 31.1. The second kappa shape index (κ2) is 3.04. The first-order valence-corrected chi connectivity index (χ1v) is 3.00. The van der Waals surface area contributed by atoms with Gasteiger partial charge in [-0.2, -0.15) is 0 Å². The quantitative estimate of drug-likeness (QED) is 0.404. The number of rotatable bonds is 2. The third-order valence-electron chi connectivity index (χ3n) is 0.509. The molecule has 42 valence electrons. The zero-order chi connectivity index (χ0) is 5.86. The Kier molecular flexibility index (Phi) is 3.04. The average molecular weight is 124 g/mol. The standard InChI is InChI=1S/C2H6NO3P/c3-2(1-4)7(5)6/h2,4H,1,3H2/p+1. The van der Waals surface area contributed by atoms with Crippen LogP contribution in [-0.4, -0.2) is 17.5 Å². The molecule has 4 nitrogen and oxygen atoms in total. The van der Waals surface area contributed by atoms with E-state index in [9.17, 15) is 9.46 Å². The summed E-state index contributed by atoms with van der Waals surface area (Å²) in [6, 6.07) is 0. The van der Waals surface area contributed by atoms with Crippen molar-refractivity contribution in [1.82, 2.24) is 0 Å². The van der Waals surface area contributed by atoms with Gasteiger partial charge in [-0.05, 0) is 0 Å². The Morgan fingerprint density at radius 3 is 2.43 bits per heavy atom. The molecule has 7 heavy (non-hydrogen) atoms. The van der Waals surface area contributed by atoms with E-state index in [2.05, 4.69) is 5.73 Å². The summed E-state index contributed by atoms with van der Waals surface area (Å²) in [5.74, 6) is -0.838. The van der Waals surface area contributed by atoms with Crippen molar-refractivity contribution in [2.75, 3.05) is 6.61 Å². The summed E-state index contributed by atoms with van der Waals surface area (Å²) in [6.07, 6.45) is 0. The summed E-state index contributed by atoms with van der Waals surface area (Å²) in [5, 5.41) is 8.06. The van der Waals surface area contributed by atoms with Gasteiger partial charge in [-0.15, -0.1) is 0 Å². The Morgan fingerprint density at radius 1 is 2.00 bits per heavy atom. The predicted molar refractivity (Wildman–Crippen MR) is 21.4 cm³/mol. The molecule has 0 heterocycles. The first-order valence-electron chi connectivity index (χ1n) is 1.76. The van der Waals surface area contributed by atoms with Crippen molar-refractivity contribution in [2.45, 2.75) is 5.78 Å². The molecule has 0 saturated heterocycles. The van der Waals surface area contributed by atoms with Gasteiger partial charge < -0.3 is 15.7 Å². The molecule has 0 saturated carbocycles. The van der Waals surface area contributed by atoms with Gasteiger partial charge in [-0.25, -0.2) is 0 Å². The van der Waals surface area contributed by atoms with Crippen molar-refractivity contribution >= 4 is 8.03 Å². The van der Waals surface area contributed by atoms with Crippen molar-refractivity contribution < 1.29 is 20.3 Å². The van der Waals surface area contributed by atoms with Crippen molar-refractivity contribution in [1.29, 1.82) is 0 Å². The summed E-state index contributed by atoms with van der Waals surface area (Å²) in [4.78, 5) is 9.74. The Bertz CT molecular complexity index is 75.3. The van der Waals surface area contributed by atoms with Crippen molar-refractivity contribution in [3.63, 3.8) is 0 Å². The molecule has 0 aliphatic heterocycles. The van der Waals surface area contributed by atoms with Crippen LogP contribution >= 0.6 is 8.03 Å². The minimum Gasteiger partial charge on any atom is -0.591 e. The number of aliphatic hydroxyl groups is 1. The molecule has 0 amide bonds. The summed E-state index contributed by atoms with van der Waals surface area (Å²) in [5.41, 5.74) is 3.11. The third-order valence-corrected chi connectivity index (χ3v) is 1.27. The molecule has 0 fully saturated rings. The Hall–Kier alpha value is -0.0200. The molecule has 0 bridgehead atoms. The van der Waals surface area contributed by atoms with Gasteiger partial charge in [0.1, 0.15) is 6.61 Å². The molecule has 2 unspecified atom stereocenters.